The van der Waals surface area contributed by atoms with Crippen molar-refractivity contribution in [2.45, 2.75) is 45.4 Å². The summed E-state index contributed by atoms with van der Waals surface area (Å²) < 4.78 is 0. The molecule has 36 heavy (non-hydrogen) atoms. The smallest absolute Gasteiger partial charge is 0.323 e. The minimum atomic E-state index is -0.903. The third-order valence-electron chi connectivity index (χ3n) is 7.13. The lowest BCUT2D eigenvalue weighted by atomic mass is 9.83. The second kappa shape index (κ2) is 11.1. The van der Waals surface area contributed by atoms with Crippen molar-refractivity contribution in [2.24, 2.45) is 5.92 Å². The molecule has 1 heterocycles. The Morgan fingerprint density at radius 3 is 2.44 bits per heavy atom. The highest BCUT2D eigenvalue weighted by Gasteiger charge is 2.32. The van der Waals surface area contributed by atoms with Crippen LogP contribution < -0.4 is 10.2 Å². The van der Waals surface area contributed by atoms with E-state index >= 15 is 0 Å². The van der Waals surface area contributed by atoms with Gasteiger partial charge in [-0.25, -0.2) is 0 Å². The van der Waals surface area contributed by atoms with Crippen LogP contribution in [-0.2, 0) is 9.59 Å². The van der Waals surface area contributed by atoms with Crippen LogP contribution >= 0.6 is 11.6 Å². The first kappa shape index (κ1) is 25.7. The number of halogens is 1. The number of carboxylic acids is 1. The molecule has 3 aromatic rings. The number of hydrogen-bond donors (Lipinski definition) is 2. The van der Waals surface area contributed by atoms with Crippen molar-refractivity contribution in [3.63, 3.8) is 0 Å². The van der Waals surface area contributed by atoms with Crippen LogP contribution in [0.5, 0.6) is 0 Å². The zero-order valence-corrected chi connectivity index (χ0v) is 21.7. The summed E-state index contributed by atoms with van der Waals surface area (Å²) in [6.45, 7) is 3.67. The zero-order chi connectivity index (χ0) is 25.8. The fourth-order valence-electron chi connectivity index (χ4n) is 5.15. The van der Waals surface area contributed by atoms with Crippen LogP contribution in [0.25, 0.3) is 11.1 Å². The number of anilines is 2. The Kier molecular flexibility index (Phi) is 7.94. The Morgan fingerprint density at radius 1 is 1.11 bits per heavy atom. The van der Waals surface area contributed by atoms with Crippen LogP contribution in [0.3, 0.4) is 0 Å². The number of aliphatic carboxylic acids is 1. The molecule has 0 saturated heterocycles. The van der Waals surface area contributed by atoms with Gasteiger partial charge >= 0.3 is 5.97 Å². The molecule has 1 aliphatic carbocycles. The van der Waals surface area contributed by atoms with Gasteiger partial charge < -0.3 is 15.3 Å². The predicted octanol–water partition coefficient (Wildman–Crippen LogP) is 6.45. The molecular formula is C29H32ClN3O3. The summed E-state index contributed by atoms with van der Waals surface area (Å²) in [5.74, 6) is -0.916. The second-order valence-electron chi connectivity index (χ2n) is 9.62. The van der Waals surface area contributed by atoms with Crippen molar-refractivity contribution in [2.75, 3.05) is 23.8 Å². The molecule has 188 valence electrons. The molecule has 2 N–H and O–H groups in total. The molecule has 0 spiro atoms. The molecule has 1 aromatic heterocycles. The highest BCUT2D eigenvalue weighted by atomic mass is 35.5. The van der Waals surface area contributed by atoms with E-state index in [-0.39, 0.29) is 24.3 Å². The van der Waals surface area contributed by atoms with Gasteiger partial charge in [-0.2, -0.15) is 0 Å². The first-order valence-corrected chi connectivity index (χ1v) is 12.7. The molecule has 1 unspecified atom stereocenters. The van der Waals surface area contributed by atoms with Gasteiger partial charge in [-0.3, -0.25) is 14.6 Å². The molecule has 6 nitrogen and oxygen atoms in total. The molecule has 4 rings (SSSR count). The number of amides is 1. The van der Waals surface area contributed by atoms with E-state index in [2.05, 4.69) is 10.3 Å². The number of pyridine rings is 1. The van der Waals surface area contributed by atoms with E-state index in [1.807, 2.05) is 68.6 Å². The van der Waals surface area contributed by atoms with Gasteiger partial charge in [-0.15, -0.1) is 0 Å². The fraction of sp³-hybridized carbons (Fsp3) is 0.345. The van der Waals surface area contributed by atoms with E-state index in [0.29, 0.717) is 10.7 Å². The van der Waals surface area contributed by atoms with Gasteiger partial charge in [-0.1, -0.05) is 54.8 Å². The van der Waals surface area contributed by atoms with E-state index in [0.717, 1.165) is 59.3 Å². The molecule has 7 heteroatoms. The Bertz CT molecular complexity index is 1250. The maximum Gasteiger partial charge on any atom is 0.323 e. The molecule has 1 aliphatic rings. The Morgan fingerprint density at radius 2 is 1.81 bits per heavy atom. The first-order valence-electron chi connectivity index (χ1n) is 12.3. The van der Waals surface area contributed by atoms with E-state index in [9.17, 15) is 9.59 Å². The lowest BCUT2D eigenvalue weighted by molar-refractivity contribution is -0.135. The van der Waals surface area contributed by atoms with Crippen molar-refractivity contribution in [3.05, 3.63) is 76.6 Å². The monoisotopic (exact) mass is 505 g/mol. The Labute approximate surface area is 217 Å². The summed E-state index contributed by atoms with van der Waals surface area (Å²) in [4.78, 5) is 30.9. The number of aryl methyl sites for hydroxylation is 1. The molecule has 0 bridgehead atoms. The molecule has 1 atom stereocenters. The van der Waals surface area contributed by atoms with Crippen molar-refractivity contribution in [1.82, 2.24) is 4.98 Å². The molecule has 2 aromatic carbocycles. The van der Waals surface area contributed by atoms with Gasteiger partial charge in [0.25, 0.3) is 0 Å². The minimum Gasteiger partial charge on any atom is -0.480 e. The fourth-order valence-corrected chi connectivity index (χ4v) is 5.31. The lowest BCUT2D eigenvalue weighted by Crippen LogP contribution is -2.28. The molecule has 0 aliphatic heterocycles. The second-order valence-corrected chi connectivity index (χ2v) is 10.0. The number of likely N-dealkylation sites (N-methyl/N-ethyl adjacent to an activating group) is 1. The van der Waals surface area contributed by atoms with Crippen molar-refractivity contribution in [1.29, 1.82) is 0 Å². The number of benzene rings is 2. The normalized spacial score (nSPS) is 14.4. The van der Waals surface area contributed by atoms with Crippen LogP contribution in [0.15, 0.2) is 54.7 Å². The first-order chi connectivity index (χ1) is 17.2. The topological polar surface area (TPSA) is 82.5 Å². The number of nitrogens with zero attached hydrogens (tertiary/aromatic N) is 2. The maximum absolute atomic E-state index is 13.7. The number of aromatic nitrogens is 1. The number of hydrogen-bond acceptors (Lipinski definition) is 4. The average molecular weight is 506 g/mol. The molecular weight excluding hydrogens is 474 g/mol. The Hall–Kier alpha value is -3.38. The molecule has 1 saturated carbocycles. The van der Waals surface area contributed by atoms with E-state index in [1.54, 1.807) is 11.9 Å². The van der Waals surface area contributed by atoms with Gasteiger partial charge in [0, 0.05) is 30.2 Å². The average Bonchev–Trinajstić information content (AvgIpc) is 3.36. The molecule has 1 fully saturated rings. The zero-order valence-electron chi connectivity index (χ0n) is 20.9. The van der Waals surface area contributed by atoms with Crippen LogP contribution in [-0.4, -0.2) is 35.6 Å². The van der Waals surface area contributed by atoms with Crippen LogP contribution in [0, 0.1) is 19.8 Å². The SMILES string of the molecule is Cc1ncc(-c2ccc(C(C(=O)Nc3cccc(N(C)CC(=O)O)c3C)C3CCCC3)cc2)cc1Cl. The third-order valence-corrected chi connectivity index (χ3v) is 7.51. The van der Waals surface area contributed by atoms with E-state index in [4.69, 9.17) is 16.7 Å². The lowest BCUT2D eigenvalue weighted by Gasteiger charge is -2.25. The predicted molar refractivity (Wildman–Crippen MR) is 145 cm³/mol. The summed E-state index contributed by atoms with van der Waals surface area (Å²) in [6.07, 6.45) is 6.13. The summed E-state index contributed by atoms with van der Waals surface area (Å²) >= 11 is 6.27. The quantitative estimate of drug-likeness (QED) is 0.367. The maximum atomic E-state index is 13.7. The standard InChI is InChI=1S/C29H32ClN3O3/c1-18-25(9-6-10-26(18)33(3)17-27(34)35)32-29(36)28(21-7-4-5-8-21)22-13-11-20(12-14-22)23-15-24(30)19(2)31-16-23/h6,9-16,21,28H,4-5,7-8,17H2,1-3H3,(H,32,36)(H,34,35). The highest BCUT2D eigenvalue weighted by Crippen LogP contribution is 2.39. The third kappa shape index (κ3) is 5.71. The number of carbonyl (C=O) groups excluding carboxylic acids is 1. The molecule has 0 radical (unpaired) electrons. The van der Waals surface area contributed by atoms with Gasteiger partial charge in [0.2, 0.25) is 5.91 Å². The summed E-state index contributed by atoms with van der Waals surface area (Å²) in [5, 5.41) is 13.0. The summed E-state index contributed by atoms with van der Waals surface area (Å²) in [5.41, 5.74) is 6.06. The van der Waals surface area contributed by atoms with Gasteiger partial charge in [0.05, 0.1) is 16.6 Å². The van der Waals surface area contributed by atoms with E-state index < -0.39 is 5.97 Å². The Balaban J connectivity index is 1.60. The van der Waals surface area contributed by atoms with Crippen LogP contribution in [0.4, 0.5) is 11.4 Å². The summed E-state index contributed by atoms with van der Waals surface area (Å²) in [7, 11) is 1.74. The van der Waals surface area contributed by atoms with Crippen molar-refractivity contribution in [3.8, 4) is 11.1 Å². The summed E-state index contributed by atoms with van der Waals surface area (Å²) in [6, 6.07) is 15.6. The number of carbonyl (C=O) groups is 2. The van der Waals surface area contributed by atoms with E-state index in [1.165, 1.54) is 0 Å². The van der Waals surface area contributed by atoms with Crippen LogP contribution in [0.1, 0.15) is 48.4 Å². The van der Waals surface area contributed by atoms with Gasteiger partial charge in [-0.05, 0) is 67.5 Å². The van der Waals surface area contributed by atoms with Crippen molar-refractivity contribution < 1.29 is 14.7 Å². The highest BCUT2D eigenvalue weighted by molar-refractivity contribution is 6.31. The number of carboxylic acid groups (broad SMARTS) is 1. The van der Waals surface area contributed by atoms with Gasteiger partial charge in [0.15, 0.2) is 0 Å². The largest absolute Gasteiger partial charge is 0.480 e. The number of rotatable bonds is 8. The minimum absolute atomic E-state index is 0.0316. The van der Waals surface area contributed by atoms with Gasteiger partial charge in [0.1, 0.15) is 6.54 Å². The molecule has 1 amide bonds. The van der Waals surface area contributed by atoms with Crippen LogP contribution in [0.2, 0.25) is 5.02 Å². The van der Waals surface area contributed by atoms with Crippen molar-refractivity contribution >= 4 is 34.9 Å². The number of nitrogens with one attached hydrogen (secondary N) is 1.